The van der Waals surface area contributed by atoms with Crippen molar-refractivity contribution in [3.63, 3.8) is 0 Å². The summed E-state index contributed by atoms with van der Waals surface area (Å²) >= 11 is 13.5. The van der Waals surface area contributed by atoms with E-state index in [-0.39, 0.29) is 5.91 Å². The average molecular weight is 532 g/mol. The van der Waals surface area contributed by atoms with Crippen molar-refractivity contribution in [2.45, 2.75) is 38.7 Å². The third kappa shape index (κ3) is 5.78. The zero-order valence-electron chi connectivity index (χ0n) is 18.8. The molecule has 1 atom stereocenters. The van der Waals surface area contributed by atoms with Crippen LogP contribution in [0.3, 0.4) is 0 Å². The summed E-state index contributed by atoms with van der Waals surface area (Å²) in [6.45, 7) is 1.60. The summed E-state index contributed by atoms with van der Waals surface area (Å²) in [5.41, 5.74) is 7.74. The summed E-state index contributed by atoms with van der Waals surface area (Å²) in [5.74, 6) is -0.892. The van der Waals surface area contributed by atoms with Crippen molar-refractivity contribution in [1.29, 1.82) is 0 Å². The summed E-state index contributed by atoms with van der Waals surface area (Å²) in [6, 6.07) is 11.1. The number of ether oxygens (including phenoxy) is 1. The Morgan fingerprint density at radius 2 is 1.74 bits per heavy atom. The highest BCUT2D eigenvalue weighted by Gasteiger charge is 2.25. The molecule has 35 heavy (non-hydrogen) atoms. The Morgan fingerprint density at radius 1 is 1.03 bits per heavy atom. The first-order chi connectivity index (χ1) is 16.7. The zero-order chi connectivity index (χ0) is 25.1. The van der Waals surface area contributed by atoms with Crippen LogP contribution in [0.25, 0.3) is 0 Å². The number of amides is 3. The number of anilines is 2. The van der Waals surface area contributed by atoms with Crippen LogP contribution in [0.4, 0.5) is 10.7 Å². The summed E-state index contributed by atoms with van der Waals surface area (Å²) in [5, 5.41) is 6.80. The first-order valence-corrected chi connectivity index (χ1v) is 12.6. The fourth-order valence-electron chi connectivity index (χ4n) is 3.86. The molecule has 2 aromatic carbocycles. The van der Waals surface area contributed by atoms with Crippen molar-refractivity contribution >= 4 is 62.9 Å². The SMILES string of the molecule is C[C@H](Oc1ccc(C(=O)Nc2sc3c(c2C(N)=O)CCCC3)cc1)C(=O)Nc1cc(Cl)ccc1Cl. The molecule has 4 rings (SSSR count). The number of primary amides is 1. The molecule has 0 radical (unpaired) electrons. The van der Waals surface area contributed by atoms with Crippen molar-refractivity contribution in [2.24, 2.45) is 5.73 Å². The number of halogens is 2. The fourth-order valence-corrected chi connectivity index (χ4v) is 5.49. The number of carbonyl (C=O) groups excluding carboxylic acids is 3. The second kappa shape index (κ2) is 10.7. The van der Waals surface area contributed by atoms with Crippen LogP contribution in [-0.4, -0.2) is 23.8 Å². The fraction of sp³-hybridized carbons (Fsp3) is 0.240. The third-order valence-corrected chi connectivity index (χ3v) is 7.40. The van der Waals surface area contributed by atoms with Gasteiger partial charge in [-0.3, -0.25) is 14.4 Å². The largest absolute Gasteiger partial charge is 0.481 e. The molecule has 0 spiro atoms. The highest BCUT2D eigenvalue weighted by atomic mass is 35.5. The molecule has 7 nitrogen and oxygen atoms in total. The Hall–Kier alpha value is -3.07. The van der Waals surface area contributed by atoms with E-state index in [1.165, 1.54) is 11.3 Å². The van der Waals surface area contributed by atoms with E-state index >= 15 is 0 Å². The highest BCUT2D eigenvalue weighted by Crippen LogP contribution is 2.38. The van der Waals surface area contributed by atoms with E-state index in [4.69, 9.17) is 33.7 Å². The topological polar surface area (TPSA) is 111 Å². The van der Waals surface area contributed by atoms with Gasteiger partial charge in [0.2, 0.25) is 0 Å². The molecule has 1 heterocycles. The standard InChI is InChI=1S/C25H23Cl2N3O4S/c1-13(23(32)29-19-12-15(26)8-11-18(19)27)34-16-9-6-14(7-10-16)24(33)30-25-21(22(28)31)17-4-2-3-5-20(17)35-25/h6-13H,2-5H2,1H3,(H2,28,31)(H,29,32)(H,30,33)/t13-/m0/s1. The first kappa shape index (κ1) is 25.0. The van der Waals surface area contributed by atoms with E-state index in [9.17, 15) is 14.4 Å². The molecule has 0 saturated carbocycles. The number of carbonyl (C=O) groups is 3. The molecule has 1 aliphatic carbocycles. The van der Waals surface area contributed by atoms with Gasteiger partial charge in [0.15, 0.2) is 6.10 Å². The van der Waals surface area contributed by atoms with Gasteiger partial charge >= 0.3 is 0 Å². The molecular formula is C25H23Cl2N3O4S. The second-order valence-electron chi connectivity index (χ2n) is 8.13. The molecule has 0 fully saturated rings. The number of fused-ring (bicyclic) bond motifs is 1. The summed E-state index contributed by atoms with van der Waals surface area (Å²) in [4.78, 5) is 38.5. The molecule has 3 amide bonds. The van der Waals surface area contributed by atoms with Gasteiger partial charge in [-0.15, -0.1) is 11.3 Å². The van der Waals surface area contributed by atoms with Gasteiger partial charge in [0, 0.05) is 15.5 Å². The molecular weight excluding hydrogens is 509 g/mol. The Morgan fingerprint density at radius 3 is 2.46 bits per heavy atom. The number of nitrogens with one attached hydrogen (secondary N) is 2. The van der Waals surface area contributed by atoms with Gasteiger partial charge in [-0.25, -0.2) is 0 Å². The van der Waals surface area contributed by atoms with Crippen LogP contribution in [0.2, 0.25) is 10.0 Å². The van der Waals surface area contributed by atoms with Gasteiger partial charge in [-0.05, 0) is 80.6 Å². The maximum absolute atomic E-state index is 12.8. The highest BCUT2D eigenvalue weighted by molar-refractivity contribution is 7.17. The van der Waals surface area contributed by atoms with E-state index in [1.54, 1.807) is 49.4 Å². The lowest BCUT2D eigenvalue weighted by atomic mass is 9.95. The molecule has 1 aliphatic rings. The quantitative estimate of drug-likeness (QED) is 0.363. The van der Waals surface area contributed by atoms with Crippen molar-refractivity contribution in [1.82, 2.24) is 0 Å². The van der Waals surface area contributed by atoms with E-state index in [0.717, 1.165) is 36.1 Å². The lowest BCUT2D eigenvalue weighted by Crippen LogP contribution is -2.30. The second-order valence-corrected chi connectivity index (χ2v) is 10.1. The third-order valence-electron chi connectivity index (χ3n) is 5.63. The Kier molecular flexibility index (Phi) is 7.64. The Balaban J connectivity index is 1.40. The van der Waals surface area contributed by atoms with E-state index < -0.39 is 17.9 Å². The van der Waals surface area contributed by atoms with Crippen LogP contribution in [0.15, 0.2) is 42.5 Å². The van der Waals surface area contributed by atoms with Gasteiger partial charge in [-0.1, -0.05) is 23.2 Å². The zero-order valence-corrected chi connectivity index (χ0v) is 21.2. The van der Waals surface area contributed by atoms with E-state index in [0.29, 0.717) is 37.6 Å². The number of nitrogens with two attached hydrogens (primary N) is 1. The van der Waals surface area contributed by atoms with Gasteiger partial charge in [0.05, 0.1) is 16.3 Å². The predicted octanol–water partition coefficient (Wildman–Crippen LogP) is 5.69. The van der Waals surface area contributed by atoms with Gasteiger partial charge in [0.25, 0.3) is 17.7 Å². The molecule has 182 valence electrons. The minimum Gasteiger partial charge on any atom is -0.481 e. The number of benzene rings is 2. The van der Waals surface area contributed by atoms with Crippen LogP contribution < -0.4 is 21.1 Å². The van der Waals surface area contributed by atoms with Crippen LogP contribution in [0, 0.1) is 0 Å². The van der Waals surface area contributed by atoms with Crippen molar-refractivity contribution in [2.75, 3.05) is 10.6 Å². The van der Waals surface area contributed by atoms with Gasteiger partial charge in [0.1, 0.15) is 10.8 Å². The smallest absolute Gasteiger partial charge is 0.265 e. The number of hydrogen-bond acceptors (Lipinski definition) is 5. The summed E-state index contributed by atoms with van der Waals surface area (Å²) in [7, 11) is 0. The minimum atomic E-state index is -0.833. The minimum absolute atomic E-state index is 0.358. The Bertz CT molecular complexity index is 1290. The lowest BCUT2D eigenvalue weighted by Gasteiger charge is -2.16. The molecule has 3 aromatic rings. The molecule has 0 aliphatic heterocycles. The molecule has 0 saturated heterocycles. The molecule has 1 aromatic heterocycles. The first-order valence-electron chi connectivity index (χ1n) is 11.0. The number of rotatable bonds is 7. The maximum Gasteiger partial charge on any atom is 0.265 e. The van der Waals surface area contributed by atoms with Crippen LogP contribution >= 0.6 is 34.5 Å². The number of hydrogen-bond donors (Lipinski definition) is 3. The van der Waals surface area contributed by atoms with Crippen molar-refractivity contribution in [3.8, 4) is 5.75 Å². The lowest BCUT2D eigenvalue weighted by molar-refractivity contribution is -0.122. The number of thiophene rings is 1. The Labute approximate surface area is 216 Å². The normalized spacial score (nSPS) is 13.5. The molecule has 10 heteroatoms. The van der Waals surface area contributed by atoms with Crippen LogP contribution in [0.5, 0.6) is 5.75 Å². The van der Waals surface area contributed by atoms with Crippen molar-refractivity contribution in [3.05, 3.63) is 74.1 Å². The van der Waals surface area contributed by atoms with Crippen molar-refractivity contribution < 1.29 is 19.1 Å². The average Bonchev–Trinajstić information content (AvgIpc) is 3.19. The molecule has 0 unspecified atom stereocenters. The number of aryl methyl sites for hydroxylation is 1. The predicted molar refractivity (Wildman–Crippen MR) is 139 cm³/mol. The van der Waals surface area contributed by atoms with Crippen LogP contribution in [0.1, 0.15) is 50.9 Å². The van der Waals surface area contributed by atoms with Gasteiger partial charge < -0.3 is 21.1 Å². The maximum atomic E-state index is 12.8. The monoisotopic (exact) mass is 531 g/mol. The summed E-state index contributed by atoms with van der Waals surface area (Å²) < 4.78 is 5.70. The van der Waals surface area contributed by atoms with Crippen LogP contribution in [-0.2, 0) is 17.6 Å². The molecule has 4 N–H and O–H groups in total. The van der Waals surface area contributed by atoms with E-state index in [2.05, 4.69) is 10.6 Å². The molecule has 0 bridgehead atoms. The van der Waals surface area contributed by atoms with Gasteiger partial charge in [-0.2, -0.15) is 0 Å². The summed E-state index contributed by atoms with van der Waals surface area (Å²) in [6.07, 6.45) is 2.91. The van der Waals surface area contributed by atoms with E-state index in [1.807, 2.05) is 0 Å².